The van der Waals surface area contributed by atoms with Crippen LogP contribution >= 0.6 is 0 Å². The van der Waals surface area contributed by atoms with Crippen molar-refractivity contribution < 1.29 is 31.6 Å². The first-order chi connectivity index (χ1) is 14.7. The number of ether oxygens (including phenoxy) is 1. The van der Waals surface area contributed by atoms with E-state index in [1.807, 2.05) is 0 Å². The van der Waals surface area contributed by atoms with Crippen LogP contribution in [0.4, 0.5) is 10.1 Å². The molecule has 10 heteroatoms. The van der Waals surface area contributed by atoms with Crippen LogP contribution in [0.2, 0.25) is 0 Å². The normalized spacial score (nSPS) is 12.2. The second-order valence-electron chi connectivity index (χ2n) is 6.48. The number of hydrogen-bond acceptors (Lipinski definition) is 6. The fourth-order valence-corrected chi connectivity index (χ4v) is 3.52. The molecule has 31 heavy (non-hydrogen) atoms. The van der Waals surface area contributed by atoms with E-state index in [-0.39, 0.29) is 22.7 Å². The number of furan rings is 1. The van der Waals surface area contributed by atoms with Gasteiger partial charge >= 0.3 is 5.97 Å². The number of rotatable bonds is 8. The average molecular weight is 446 g/mol. The van der Waals surface area contributed by atoms with Gasteiger partial charge in [0.1, 0.15) is 11.6 Å². The highest BCUT2D eigenvalue weighted by atomic mass is 32.2. The fourth-order valence-electron chi connectivity index (χ4n) is 2.53. The molecule has 0 aliphatic rings. The Kier molecular flexibility index (Phi) is 6.83. The van der Waals surface area contributed by atoms with Gasteiger partial charge in [-0.25, -0.2) is 22.3 Å². The minimum Gasteiger partial charge on any atom is -0.468 e. The highest BCUT2D eigenvalue weighted by Gasteiger charge is 2.20. The molecule has 8 nitrogen and oxygen atoms in total. The summed E-state index contributed by atoms with van der Waals surface area (Å²) < 4.78 is 50.4. The van der Waals surface area contributed by atoms with E-state index in [1.54, 1.807) is 12.1 Å². The van der Waals surface area contributed by atoms with Crippen molar-refractivity contribution in [2.45, 2.75) is 24.5 Å². The van der Waals surface area contributed by atoms with Crippen molar-refractivity contribution in [2.75, 3.05) is 5.32 Å². The monoisotopic (exact) mass is 446 g/mol. The molecule has 2 N–H and O–H groups in total. The highest BCUT2D eigenvalue weighted by molar-refractivity contribution is 7.89. The molecule has 0 bridgehead atoms. The summed E-state index contributed by atoms with van der Waals surface area (Å²) in [5.41, 5.74) is 0.292. The molecule has 3 rings (SSSR count). The SMILES string of the molecule is CC(OC(=O)c1ccc(S(=O)(=O)NCc2ccco2)cc1)C(=O)Nc1cccc(F)c1. The van der Waals surface area contributed by atoms with Gasteiger partial charge in [-0.15, -0.1) is 0 Å². The first kappa shape index (κ1) is 22.2. The van der Waals surface area contributed by atoms with E-state index in [0.29, 0.717) is 5.76 Å². The third kappa shape index (κ3) is 6.00. The van der Waals surface area contributed by atoms with Gasteiger partial charge in [0.15, 0.2) is 6.10 Å². The van der Waals surface area contributed by atoms with Crippen molar-refractivity contribution in [3.63, 3.8) is 0 Å². The molecule has 0 spiro atoms. The lowest BCUT2D eigenvalue weighted by Gasteiger charge is -2.14. The summed E-state index contributed by atoms with van der Waals surface area (Å²) in [6.45, 7) is 1.35. The summed E-state index contributed by atoms with van der Waals surface area (Å²) in [6, 6.07) is 13.6. The topological polar surface area (TPSA) is 115 Å². The van der Waals surface area contributed by atoms with Gasteiger partial charge in [-0.2, -0.15) is 0 Å². The van der Waals surface area contributed by atoms with E-state index in [1.165, 1.54) is 55.7 Å². The van der Waals surface area contributed by atoms with Gasteiger partial charge in [-0.05, 0) is 61.5 Å². The van der Waals surface area contributed by atoms with E-state index in [0.717, 1.165) is 6.07 Å². The van der Waals surface area contributed by atoms with Crippen molar-refractivity contribution in [3.8, 4) is 0 Å². The van der Waals surface area contributed by atoms with Crippen molar-refractivity contribution in [3.05, 3.63) is 84.1 Å². The maximum Gasteiger partial charge on any atom is 0.338 e. The maximum atomic E-state index is 13.2. The molecule has 2 aromatic carbocycles. The second-order valence-corrected chi connectivity index (χ2v) is 8.24. The lowest BCUT2D eigenvalue weighted by atomic mass is 10.2. The number of nitrogens with one attached hydrogen (secondary N) is 2. The lowest BCUT2D eigenvalue weighted by molar-refractivity contribution is -0.123. The highest BCUT2D eigenvalue weighted by Crippen LogP contribution is 2.14. The summed E-state index contributed by atoms with van der Waals surface area (Å²) in [6.07, 6.45) is 0.276. The number of carbonyl (C=O) groups is 2. The van der Waals surface area contributed by atoms with Crippen molar-refractivity contribution in [1.29, 1.82) is 0 Å². The molecule has 0 radical (unpaired) electrons. The summed E-state index contributed by atoms with van der Waals surface area (Å²) >= 11 is 0. The Morgan fingerprint density at radius 3 is 2.48 bits per heavy atom. The van der Waals surface area contributed by atoms with Crippen LogP contribution in [0.15, 0.2) is 76.2 Å². The number of amides is 1. The molecule has 0 aliphatic carbocycles. The van der Waals surface area contributed by atoms with E-state index in [2.05, 4.69) is 10.0 Å². The number of benzene rings is 2. The molecule has 1 amide bonds. The lowest BCUT2D eigenvalue weighted by Crippen LogP contribution is -2.30. The Labute approximate surface area is 178 Å². The number of sulfonamides is 1. The van der Waals surface area contributed by atoms with Crippen LogP contribution in [0.1, 0.15) is 23.0 Å². The summed E-state index contributed by atoms with van der Waals surface area (Å²) in [5.74, 6) is -1.51. The molecule has 162 valence electrons. The largest absolute Gasteiger partial charge is 0.468 e. The number of esters is 1. The van der Waals surface area contributed by atoms with Crippen LogP contribution in [0.5, 0.6) is 0 Å². The van der Waals surface area contributed by atoms with Crippen molar-refractivity contribution in [2.24, 2.45) is 0 Å². The molecule has 0 fully saturated rings. The predicted octanol–water partition coefficient (Wildman–Crippen LogP) is 3.08. The third-order valence-corrected chi connectivity index (χ3v) is 5.58. The number of halogens is 1. The molecule has 1 atom stereocenters. The molecule has 0 saturated heterocycles. The van der Waals surface area contributed by atoms with Crippen LogP contribution in [0, 0.1) is 5.82 Å². The zero-order chi connectivity index (χ0) is 22.4. The smallest absolute Gasteiger partial charge is 0.338 e. The zero-order valence-corrected chi connectivity index (χ0v) is 17.2. The van der Waals surface area contributed by atoms with Crippen LogP contribution in [0.25, 0.3) is 0 Å². The van der Waals surface area contributed by atoms with Crippen molar-refractivity contribution in [1.82, 2.24) is 4.72 Å². The number of hydrogen-bond donors (Lipinski definition) is 2. The molecule has 1 heterocycles. The number of anilines is 1. The van der Waals surface area contributed by atoms with Crippen LogP contribution < -0.4 is 10.0 Å². The Morgan fingerprint density at radius 2 is 1.84 bits per heavy atom. The second kappa shape index (κ2) is 9.54. The van der Waals surface area contributed by atoms with Crippen molar-refractivity contribution >= 4 is 27.6 Å². The Morgan fingerprint density at radius 1 is 1.10 bits per heavy atom. The fraction of sp³-hybridized carbons (Fsp3) is 0.143. The predicted molar refractivity (Wildman–Crippen MR) is 109 cm³/mol. The third-order valence-electron chi connectivity index (χ3n) is 4.16. The van der Waals surface area contributed by atoms with Gasteiger partial charge in [0.05, 0.1) is 23.3 Å². The Bertz CT molecular complexity index is 1160. The zero-order valence-electron chi connectivity index (χ0n) is 16.4. The van der Waals surface area contributed by atoms with Crippen LogP contribution in [0.3, 0.4) is 0 Å². The molecule has 3 aromatic rings. The molecule has 0 saturated carbocycles. The number of carbonyl (C=O) groups excluding carboxylic acids is 2. The standard InChI is InChI=1S/C21H19FN2O6S/c1-14(20(25)24-17-5-2-4-16(22)12-17)30-21(26)15-7-9-19(10-8-15)31(27,28)23-13-18-6-3-11-29-18/h2-12,14,23H,13H2,1H3,(H,24,25). The molecule has 0 aliphatic heterocycles. The van der Waals surface area contributed by atoms with Gasteiger partial charge in [0.2, 0.25) is 10.0 Å². The molecular formula is C21H19FN2O6S. The minimum atomic E-state index is -3.81. The first-order valence-corrected chi connectivity index (χ1v) is 10.6. The van der Waals surface area contributed by atoms with Gasteiger partial charge in [-0.3, -0.25) is 4.79 Å². The first-order valence-electron chi connectivity index (χ1n) is 9.14. The minimum absolute atomic E-state index is 0.0168. The summed E-state index contributed by atoms with van der Waals surface area (Å²) in [5, 5.41) is 2.44. The summed E-state index contributed by atoms with van der Waals surface area (Å²) in [4.78, 5) is 24.4. The Hall–Kier alpha value is -3.50. The molecular weight excluding hydrogens is 427 g/mol. The van der Waals surface area contributed by atoms with E-state index in [9.17, 15) is 22.4 Å². The molecule has 1 unspecified atom stereocenters. The van der Waals surface area contributed by atoms with Gasteiger partial charge in [0.25, 0.3) is 5.91 Å². The van der Waals surface area contributed by atoms with Gasteiger partial charge in [-0.1, -0.05) is 6.07 Å². The van der Waals surface area contributed by atoms with E-state index in [4.69, 9.17) is 9.15 Å². The van der Waals surface area contributed by atoms with Crippen LogP contribution in [-0.4, -0.2) is 26.4 Å². The Balaban J connectivity index is 1.58. The summed E-state index contributed by atoms with van der Waals surface area (Å²) in [7, 11) is -3.81. The van der Waals surface area contributed by atoms with Gasteiger partial charge in [0, 0.05) is 5.69 Å². The quantitative estimate of drug-likeness (QED) is 0.514. The maximum absolute atomic E-state index is 13.2. The van der Waals surface area contributed by atoms with Gasteiger partial charge < -0.3 is 14.5 Å². The van der Waals surface area contributed by atoms with Crippen LogP contribution in [-0.2, 0) is 26.1 Å². The van der Waals surface area contributed by atoms with E-state index < -0.39 is 33.8 Å². The average Bonchev–Trinajstić information content (AvgIpc) is 3.26. The van der Waals surface area contributed by atoms with E-state index >= 15 is 0 Å². The molecule has 1 aromatic heterocycles.